The maximum Gasteiger partial charge on any atom is 0.508 e. The lowest BCUT2D eigenvalue weighted by atomic mass is 9.98. The third-order valence-electron chi connectivity index (χ3n) is 5.48. The Morgan fingerprint density at radius 1 is 0.943 bits per heavy atom. The van der Waals surface area contributed by atoms with Gasteiger partial charge in [-0.15, -0.1) is 0 Å². The molecule has 8 heteroatoms. The maximum absolute atomic E-state index is 13.5. The molecule has 0 fully saturated rings. The quantitative estimate of drug-likeness (QED) is 0.485. The van der Waals surface area contributed by atoms with Crippen LogP contribution in [-0.4, -0.2) is 55.3 Å². The van der Waals surface area contributed by atoms with Crippen molar-refractivity contribution in [1.82, 2.24) is 10.2 Å². The third kappa shape index (κ3) is 8.63. The van der Waals surface area contributed by atoms with Crippen LogP contribution in [-0.2, 0) is 32.0 Å². The monoisotopic (exact) mass is 484 g/mol. The van der Waals surface area contributed by atoms with Crippen LogP contribution in [0.25, 0.3) is 0 Å². The van der Waals surface area contributed by atoms with Gasteiger partial charge >= 0.3 is 6.16 Å². The van der Waals surface area contributed by atoms with Crippen LogP contribution < -0.4 is 10.1 Å². The highest BCUT2D eigenvalue weighted by molar-refractivity contribution is 5.88. The van der Waals surface area contributed by atoms with Crippen LogP contribution in [0.1, 0.15) is 38.8 Å². The van der Waals surface area contributed by atoms with Crippen molar-refractivity contribution in [3.8, 4) is 5.75 Å². The molecule has 0 aliphatic rings. The third-order valence-corrected chi connectivity index (χ3v) is 5.48. The fourth-order valence-electron chi connectivity index (χ4n) is 3.65. The standard InChI is InChI=1S/C27H36N2O6/c1-19(2)24(25(31)28-18-27(3,4)35-26(32)34-6)29(17-21-10-8-7-9-11-21)23(30)16-20-12-14-22(33-5)15-13-20/h7-15,19,24H,16-18H2,1-6H3,(H,28,31). The molecule has 1 atom stereocenters. The van der Waals surface area contributed by atoms with Crippen molar-refractivity contribution in [3.63, 3.8) is 0 Å². The number of hydrogen-bond donors (Lipinski definition) is 1. The summed E-state index contributed by atoms with van der Waals surface area (Å²) in [5.41, 5.74) is 0.759. The Balaban J connectivity index is 2.26. The molecule has 0 aliphatic carbocycles. The largest absolute Gasteiger partial charge is 0.508 e. The fraction of sp³-hybridized carbons (Fsp3) is 0.444. The van der Waals surface area contributed by atoms with Gasteiger partial charge in [0.15, 0.2) is 0 Å². The number of amides is 2. The average Bonchev–Trinajstić information content (AvgIpc) is 2.83. The molecule has 0 saturated carbocycles. The minimum absolute atomic E-state index is 0.0655. The number of nitrogens with one attached hydrogen (secondary N) is 1. The molecule has 1 unspecified atom stereocenters. The van der Waals surface area contributed by atoms with Crippen molar-refractivity contribution >= 4 is 18.0 Å². The average molecular weight is 485 g/mol. The molecule has 0 spiro atoms. The van der Waals surface area contributed by atoms with Crippen molar-refractivity contribution < 1.29 is 28.6 Å². The van der Waals surface area contributed by atoms with Crippen molar-refractivity contribution in [1.29, 1.82) is 0 Å². The van der Waals surface area contributed by atoms with Crippen molar-refractivity contribution in [2.45, 2.75) is 52.3 Å². The van der Waals surface area contributed by atoms with Crippen LogP contribution in [0, 0.1) is 5.92 Å². The Bertz CT molecular complexity index is 973. The normalized spacial score (nSPS) is 12.0. The van der Waals surface area contributed by atoms with Crippen LogP contribution in [0.5, 0.6) is 5.75 Å². The molecule has 2 aromatic rings. The first-order chi connectivity index (χ1) is 16.6. The number of rotatable bonds is 11. The summed E-state index contributed by atoms with van der Waals surface area (Å²) in [5.74, 6) is 0.0558. The Morgan fingerprint density at radius 2 is 1.57 bits per heavy atom. The molecular formula is C27H36N2O6. The van der Waals surface area contributed by atoms with Gasteiger partial charge in [-0.1, -0.05) is 56.3 Å². The van der Waals surface area contributed by atoms with Crippen LogP contribution in [0.3, 0.4) is 0 Å². The van der Waals surface area contributed by atoms with E-state index < -0.39 is 17.8 Å². The molecule has 2 aromatic carbocycles. The number of methoxy groups -OCH3 is 2. The zero-order chi connectivity index (χ0) is 26.0. The van der Waals surface area contributed by atoms with E-state index in [1.807, 2.05) is 56.3 Å². The highest BCUT2D eigenvalue weighted by Crippen LogP contribution is 2.19. The molecule has 2 rings (SSSR count). The summed E-state index contributed by atoms with van der Waals surface area (Å²) in [4.78, 5) is 40.0. The summed E-state index contributed by atoms with van der Waals surface area (Å²) in [6.07, 6.45) is -0.686. The van der Waals surface area contributed by atoms with Gasteiger partial charge in [-0.05, 0) is 43.0 Å². The molecular weight excluding hydrogens is 448 g/mol. The molecule has 0 aromatic heterocycles. The minimum Gasteiger partial charge on any atom is -0.497 e. The topological polar surface area (TPSA) is 94.2 Å². The Morgan fingerprint density at radius 3 is 2.11 bits per heavy atom. The van der Waals surface area contributed by atoms with Gasteiger partial charge in [-0.25, -0.2) is 4.79 Å². The number of nitrogens with zero attached hydrogens (tertiary/aromatic N) is 1. The predicted octanol–water partition coefficient (Wildman–Crippen LogP) is 3.97. The second-order valence-corrected chi connectivity index (χ2v) is 9.25. The van der Waals surface area contributed by atoms with Crippen LogP contribution in [0.4, 0.5) is 4.79 Å². The lowest BCUT2D eigenvalue weighted by Gasteiger charge is -2.35. The van der Waals surface area contributed by atoms with Gasteiger partial charge < -0.3 is 24.4 Å². The summed E-state index contributed by atoms with van der Waals surface area (Å²) in [5, 5.41) is 2.85. The summed E-state index contributed by atoms with van der Waals surface area (Å²) >= 11 is 0. The van der Waals surface area contributed by atoms with Gasteiger partial charge in [0.05, 0.1) is 27.2 Å². The number of benzene rings is 2. The van der Waals surface area contributed by atoms with Gasteiger partial charge in [0, 0.05) is 6.54 Å². The summed E-state index contributed by atoms with van der Waals surface area (Å²) in [6.45, 7) is 7.50. The van der Waals surface area contributed by atoms with Crippen LogP contribution in [0.2, 0.25) is 0 Å². The van der Waals surface area contributed by atoms with E-state index in [0.717, 1.165) is 11.1 Å². The van der Waals surface area contributed by atoms with Crippen molar-refractivity contribution in [2.75, 3.05) is 20.8 Å². The summed E-state index contributed by atoms with van der Waals surface area (Å²) in [6, 6.07) is 16.1. The van der Waals surface area contributed by atoms with E-state index in [-0.39, 0.29) is 37.2 Å². The van der Waals surface area contributed by atoms with E-state index in [1.165, 1.54) is 7.11 Å². The molecule has 0 heterocycles. The molecule has 35 heavy (non-hydrogen) atoms. The molecule has 1 N–H and O–H groups in total. The summed E-state index contributed by atoms with van der Waals surface area (Å²) in [7, 11) is 2.81. The number of carbonyl (C=O) groups is 3. The number of carbonyl (C=O) groups excluding carboxylic acids is 3. The van der Waals surface area contributed by atoms with Gasteiger partial charge in [0.2, 0.25) is 11.8 Å². The highest BCUT2D eigenvalue weighted by atomic mass is 16.7. The first-order valence-electron chi connectivity index (χ1n) is 11.6. The van der Waals surface area contributed by atoms with E-state index in [9.17, 15) is 14.4 Å². The fourth-order valence-corrected chi connectivity index (χ4v) is 3.65. The highest BCUT2D eigenvalue weighted by Gasteiger charge is 2.34. The first kappa shape index (κ1) is 27.7. The molecule has 2 amide bonds. The molecule has 0 radical (unpaired) electrons. The van der Waals surface area contributed by atoms with Gasteiger partial charge in [0.1, 0.15) is 17.4 Å². The molecule has 0 saturated heterocycles. The second-order valence-electron chi connectivity index (χ2n) is 9.25. The zero-order valence-corrected chi connectivity index (χ0v) is 21.4. The van der Waals surface area contributed by atoms with Crippen molar-refractivity contribution in [3.05, 3.63) is 65.7 Å². The van der Waals surface area contributed by atoms with E-state index in [0.29, 0.717) is 5.75 Å². The Kier molecular flexibility index (Phi) is 10.1. The molecule has 0 aliphatic heterocycles. The number of hydrogen-bond acceptors (Lipinski definition) is 6. The second kappa shape index (κ2) is 12.8. The molecule has 0 bridgehead atoms. The molecule has 190 valence electrons. The molecule has 8 nitrogen and oxygen atoms in total. The smallest absolute Gasteiger partial charge is 0.497 e. The van der Waals surface area contributed by atoms with Crippen molar-refractivity contribution in [2.24, 2.45) is 5.92 Å². The zero-order valence-electron chi connectivity index (χ0n) is 21.4. The Hall–Kier alpha value is -3.55. The first-order valence-corrected chi connectivity index (χ1v) is 11.6. The lowest BCUT2D eigenvalue weighted by molar-refractivity contribution is -0.143. The lowest BCUT2D eigenvalue weighted by Crippen LogP contribution is -2.54. The SMILES string of the molecule is COC(=O)OC(C)(C)CNC(=O)C(C(C)C)N(Cc1ccccc1)C(=O)Cc1ccc(OC)cc1. The van der Waals surface area contributed by atoms with Crippen LogP contribution in [0.15, 0.2) is 54.6 Å². The van der Waals surface area contributed by atoms with Gasteiger partial charge in [-0.3, -0.25) is 9.59 Å². The number of ether oxygens (including phenoxy) is 3. The predicted molar refractivity (Wildman–Crippen MR) is 133 cm³/mol. The summed E-state index contributed by atoms with van der Waals surface area (Å²) < 4.78 is 15.0. The minimum atomic E-state index is -0.984. The van der Waals surface area contributed by atoms with E-state index >= 15 is 0 Å². The van der Waals surface area contributed by atoms with Gasteiger partial charge in [-0.2, -0.15) is 0 Å². The van der Waals surface area contributed by atoms with E-state index in [4.69, 9.17) is 9.47 Å². The van der Waals surface area contributed by atoms with E-state index in [2.05, 4.69) is 10.1 Å². The van der Waals surface area contributed by atoms with Gasteiger partial charge in [0.25, 0.3) is 0 Å². The van der Waals surface area contributed by atoms with E-state index in [1.54, 1.807) is 38.0 Å². The van der Waals surface area contributed by atoms with Crippen LogP contribution >= 0.6 is 0 Å². The maximum atomic E-state index is 13.5. The Labute approximate surface area is 207 Å².